The van der Waals surface area contributed by atoms with Crippen LogP contribution < -0.4 is 5.73 Å². The van der Waals surface area contributed by atoms with Crippen LogP contribution in [0, 0.1) is 0 Å². The molecule has 5 nitrogen and oxygen atoms in total. The fourth-order valence-electron chi connectivity index (χ4n) is 1.85. The van der Waals surface area contributed by atoms with Gasteiger partial charge in [-0.15, -0.1) is 0 Å². The van der Waals surface area contributed by atoms with Crippen molar-refractivity contribution < 1.29 is 19.0 Å². The maximum absolute atomic E-state index is 12.2. The zero-order chi connectivity index (χ0) is 15.6. The molecular weight excluding hydrogens is 270 g/mol. The minimum Gasteiger partial charge on any atom is -0.464 e. The molecule has 2 N–H and O–H groups in total. The Hall–Kier alpha value is -1.43. The first-order valence-corrected chi connectivity index (χ1v) is 7.32. The van der Waals surface area contributed by atoms with Crippen molar-refractivity contribution in [1.29, 1.82) is 0 Å². The minimum atomic E-state index is -1.29. The van der Waals surface area contributed by atoms with E-state index in [1.165, 1.54) is 0 Å². The van der Waals surface area contributed by atoms with E-state index in [4.69, 9.17) is 19.9 Å². The Morgan fingerprint density at radius 1 is 1.10 bits per heavy atom. The summed E-state index contributed by atoms with van der Waals surface area (Å²) in [5, 5.41) is 0. The van der Waals surface area contributed by atoms with Crippen LogP contribution in [0.3, 0.4) is 0 Å². The van der Waals surface area contributed by atoms with Gasteiger partial charge in [-0.25, -0.2) is 4.79 Å². The van der Waals surface area contributed by atoms with Crippen LogP contribution in [0.25, 0.3) is 0 Å². The summed E-state index contributed by atoms with van der Waals surface area (Å²) in [6.45, 7) is 5.72. The van der Waals surface area contributed by atoms with Crippen LogP contribution in [0.15, 0.2) is 30.3 Å². The molecule has 0 bridgehead atoms. The average Bonchev–Trinajstić information content (AvgIpc) is 2.51. The molecule has 0 heterocycles. The number of ether oxygens (including phenoxy) is 3. The third kappa shape index (κ3) is 5.46. The largest absolute Gasteiger partial charge is 0.464 e. The summed E-state index contributed by atoms with van der Waals surface area (Å²) in [6, 6.07) is 9.14. The maximum atomic E-state index is 12.2. The fraction of sp³-hybridized carbons (Fsp3) is 0.562. The predicted octanol–water partition coefficient (Wildman–Crippen LogP) is 1.85. The van der Waals surface area contributed by atoms with E-state index in [1.54, 1.807) is 19.1 Å². The molecule has 118 valence electrons. The standard InChI is InChI=1S/C16H25NO4/c1-3-10-19-11-12-20-13-16(17,15(18)21-4-2)14-8-6-5-7-9-14/h5-9H,3-4,10-13,17H2,1-2H3. The van der Waals surface area contributed by atoms with Crippen molar-refractivity contribution in [3.63, 3.8) is 0 Å². The molecule has 1 rings (SSSR count). The Morgan fingerprint density at radius 3 is 2.38 bits per heavy atom. The van der Waals surface area contributed by atoms with Crippen LogP contribution in [0.5, 0.6) is 0 Å². The van der Waals surface area contributed by atoms with Gasteiger partial charge < -0.3 is 19.9 Å². The molecular formula is C16H25NO4. The highest BCUT2D eigenvalue weighted by molar-refractivity contribution is 5.82. The number of carbonyl (C=O) groups is 1. The van der Waals surface area contributed by atoms with E-state index in [0.29, 0.717) is 25.4 Å². The number of carbonyl (C=O) groups excluding carboxylic acids is 1. The number of hydrogen-bond acceptors (Lipinski definition) is 5. The van der Waals surface area contributed by atoms with Crippen molar-refractivity contribution in [3.05, 3.63) is 35.9 Å². The van der Waals surface area contributed by atoms with Gasteiger partial charge in [-0.1, -0.05) is 37.3 Å². The summed E-state index contributed by atoms with van der Waals surface area (Å²) >= 11 is 0. The number of benzene rings is 1. The molecule has 0 amide bonds. The normalized spacial score (nSPS) is 13.7. The van der Waals surface area contributed by atoms with Gasteiger partial charge in [0.15, 0.2) is 5.54 Å². The molecule has 0 aliphatic heterocycles. The molecule has 1 atom stereocenters. The molecule has 0 spiro atoms. The van der Waals surface area contributed by atoms with E-state index in [0.717, 1.165) is 6.42 Å². The summed E-state index contributed by atoms with van der Waals surface area (Å²) < 4.78 is 15.9. The second-order valence-corrected chi connectivity index (χ2v) is 4.72. The van der Waals surface area contributed by atoms with Gasteiger partial charge in [0.1, 0.15) is 0 Å². The number of esters is 1. The highest BCUT2D eigenvalue weighted by atomic mass is 16.5. The lowest BCUT2D eigenvalue weighted by molar-refractivity contribution is -0.153. The average molecular weight is 295 g/mol. The molecule has 21 heavy (non-hydrogen) atoms. The van der Waals surface area contributed by atoms with Crippen molar-refractivity contribution in [2.75, 3.05) is 33.0 Å². The van der Waals surface area contributed by atoms with Gasteiger partial charge in [-0.3, -0.25) is 0 Å². The lowest BCUT2D eigenvalue weighted by atomic mass is 9.92. The third-order valence-corrected chi connectivity index (χ3v) is 2.98. The quantitative estimate of drug-likeness (QED) is 0.527. The van der Waals surface area contributed by atoms with Crippen LogP contribution in [-0.4, -0.2) is 39.0 Å². The molecule has 0 saturated heterocycles. The number of nitrogens with two attached hydrogens (primary N) is 1. The smallest absolute Gasteiger partial charge is 0.333 e. The van der Waals surface area contributed by atoms with Crippen molar-refractivity contribution in [3.8, 4) is 0 Å². The van der Waals surface area contributed by atoms with E-state index < -0.39 is 11.5 Å². The van der Waals surface area contributed by atoms with Crippen LogP contribution in [0.4, 0.5) is 0 Å². The topological polar surface area (TPSA) is 70.8 Å². The summed E-state index contributed by atoms with van der Waals surface area (Å²) in [4.78, 5) is 12.2. The van der Waals surface area contributed by atoms with E-state index >= 15 is 0 Å². The van der Waals surface area contributed by atoms with Crippen molar-refractivity contribution in [2.45, 2.75) is 25.8 Å². The third-order valence-electron chi connectivity index (χ3n) is 2.98. The number of hydrogen-bond donors (Lipinski definition) is 1. The van der Waals surface area contributed by atoms with Gasteiger partial charge in [-0.05, 0) is 18.9 Å². The molecule has 1 unspecified atom stereocenters. The molecule has 0 aliphatic carbocycles. The zero-order valence-corrected chi connectivity index (χ0v) is 12.8. The highest BCUT2D eigenvalue weighted by Gasteiger charge is 2.38. The maximum Gasteiger partial charge on any atom is 0.333 e. The van der Waals surface area contributed by atoms with E-state index in [9.17, 15) is 4.79 Å². The van der Waals surface area contributed by atoms with Crippen molar-refractivity contribution >= 4 is 5.97 Å². The first-order chi connectivity index (χ1) is 10.1. The summed E-state index contributed by atoms with van der Waals surface area (Å²) in [5.74, 6) is -0.481. The monoisotopic (exact) mass is 295 g/mol. The zero-order valence-electron chi connectivity index (χ0n) is 12.8. The molecule has 0 fully saturated rings. The second kappa shape index (κ2) is 9.50. The molecule has 0 radical (unpaired) electrons. The van der Waals surface area contributed by atoms with Gasteiger partial charge in [0.2, 0.25) is 0 Å². The van der Waals surface area contributed by atoms with Gasteiger partial charge in [-0.2, -0.15) is 0 Å². The predicted molar refractivity (Wildman–Crippen MR) is 80.9 cm³/mol. The molecule has 0 aliphatic rings. The molecule has 0 saturated carbocycles. The Kier molecular flexibility index (Phi) is 7.97. The molecule has 1 aromatic rings. The Morgan fingerprint density at radius 2 is 1.76 bits per heavy atom. The van der Waals surface area contributed by atoms with Crippen LogP contribution in [-0.2, 0) is 24.5 Å². The van der Waals surface area contributed by atoms with Crippen LogP contribution in [0.2, 0.25) is 0 Å². The van der Waals surface area contributed by atoms with Crippen molar-refractivity contribution in [1.82, 2.24) is 0 Å². The number of rotatable bonds is 10. The van der Waals surface area contributed by atoms with Crippen LogP contribution >= 0.6 is 0 Å². The van der Waals surface area contributed by atoms with Gasteiger partial charge in [0.25, 0.3) is 0 Å². The molecule has 0 aromatic heterocycles. The SMILES string of the molecule is CCCOCCOCC(N)(C(=O)OCC)c1ccccc1. The van der Waals surface area contributed by atoms with E-state index in [1.807, 2.05) is 25.1 Å². The lowest BCUT2D eigenvalue weighted by Crippen LogP contribution is -2.50. The van der Waals surface area contributed by atoms with Gasteiger partial charge in [0.05, 0.1) is 26.4 Å². The Labute approximate surface area is 126 Å². The van der Waals surface area contributed by atoms with Gasteiger partial charge in [0, 0.05) is 6.61 Å². The lowest BCUT2D eigenvalue weighted by Gasteiger charge is -2.27. The molecule has 5 heteroatoms. The Balaban J connectivity index is 2.63. The van der Waals surface area contributed by atoms with E-state index in [2.05, 4.69) is 0 Å². The van der Waals surface area contributed by atoms with Crippen LogP contribution in [0.1, 0.15) is 25.8 Å². The second-order valence-electron chi connectivity index (χ2n) is 4.72. The summed E-state index contributed by atoms with van der Waals surface area (Å²) in [5.41, 5.74) is 5.64. The summed E-state index contributed by atoms with van der Waals surface area (Å²) in [6.07, 6.45) is 0.966. The first kappa shape index (κ1) is 17.6. The first-order valence-electron chi connectivity index (χ1n) is 7.32. The molecule has 1 aromatic carbocycles. The highest BCUT2D eigenvalue weighted by Crippen LogP contribution is 2.20. The van der Waals surface area contributed by atoms with E-state index in [-0.39, 0.29) is 13.2 Å². The van der Waals surface area contributed by atoms with Gasteiger partial charge >= 0.3 is 5.97 Å². The van der Waals surface area contributed by atoms with Crippen molar-refractivity contribution in [2.24, 2.45) is 5.73 Å². The minimum absolute atomic E-state index is 0.0608. The Bertz CT molecular complexity index is 410. The fourth-order valence-corrected chi connectivity index (χ4v) is 1.85. The summed E-state index contributed by atoms with van der Waals surface area (Å²) in [7, 11) is 0.